The predicted octanol–water partition coefficient (Wildman–Crippen LogP) is 4.07. The van der Waals surface area contributed by atoms with E-state index in [0.717, 1.165) is 13.1 Å². The zero-order valence-corrected chi connectivity index (χ0v) is 12.4. The Morgan fingerprint density at radius 3 is 2.44 bits per heavy atom. The maximum atomic E-state index is 3.60. The van der Waals surface area contributed by atoms with E-state index in [4.69, 9.17) is 0 Å². The summed E-state index contributed by atoms with van der Waals surface area (Å²) in [7, 11) is 0. The van der Waals surface area contributed by atoms with E-state index >= 15 is 0 Å². The second-order valence-electron chi connectivity index (χ2n) is 4.21. The Bertz CT molecular complexity index is 294. The van der Waals surface area contributed by atoms with Gasteiger partial charge in [0.25, 0.3) is 0 Å². The SMILES string of the molecule is CCC(CC)(CNCc1ccc(C)s1)SC. The predicted molar refractivity (Wildman–Crippen MR) is 77.6 cm³/mol. The molecule has 0 aliphatic carbocycles. The number of nitrogens with one attached hydrogen (secondary N) is 1. The van der Waals surface area contributed by atoms with Crippen LogP contribution in [0.3, 0.4) is 0 Å². The number of hydrogen-bond donors (Lipinski definition) is 1. The first-order valence-corrected chi connectivity index (χ1v) is 8.01. The highest BCUT2D eigenvalue weighted by molar-refractivity contribution is 8.00. The Balaban J connectivity index is 2.39. The van der Waals surface area contributed by atoms with Gasteiger partial charge in [0, 0.05) is 27.6 Å². The van der Waals surface area contributed by atoms with Crippen LogP contribution in [0.4, 0.5) is 0 Å². The molecule has 16 heavy (non-hydrogen) atoms. The van der Waals surface area contributed by atoms with E-state index in [1.807, 2.05) is 23.1 Å². The van der Waals surface area contributed by atoms with E-state index in [-0.39, 0.29) is 0 Å². The van der Waals surface area contributed by atoms with Crippen molar-refractivity contribution < 1.29 is 0 Å². The average Bonchev–Trinajstić information content (AvgIpc) is 2.71. The Hall–Kier alpha value is 0.01000. The number of hydrogen-bond acceptors (Lipinski definition) is 3. The zero-order valence-electron chi connectivity index (χ0n) is 10.8. The van der Waals surface area contributed by atoms with Crippen LogP contribution in [0, 0.1) is 6.92 Å². The minimum atomic E-state index is 0.423. The molecule has 0 radical (unpaired) electrons. The van der Waals surface area contributed by atoms with Gasteiger partial charge in [0.05, 0.1) is 0 Å². The monoisotopic (exact) mass is 257 g/mol. The van der Waals surface area contributed by atoms with Gasteiger partial charge in [-0.25, -0.2) is 0 Å². The smallest absolute Gasteiger partial charge is 0.0300 e. The molecule has 0 saturated carbocycles. The number of aryl methyl sites for hydroxylation is 1. The molecule has 1 aromatic heterocycles. The first-order valence-electron chi connectivity index (χ1n) is 5.97. The number of thioether (sulfide) groups is 1. The molecule has 1 aromatic rings. The molecule has 1 nitrogen and oxygen atoms in total. The molecule has 0 bridgehead atoms. The third-order valence-corrected chi connectivity index (χ3v) is 5.85. The molecule has 3 heteroatoms. The quantitative estimate of drug-likeness (QED) is 0.790. The molecule has 0 unspecified atom stereocenters. The van der Waals surface area contributed by atoms with E-state index in [1.165, 1.54) is 22.6 Å². The largest absolute Gasteiger partial charge is 0.310 e. The lowest BCUT2D eigenvalue weighted by atomic mass is 10.0. The van der Waals surface area contributed by atoms with Crippen molar-refractivity contribution >= 4 is 23.1 Å². The second kappa shape index (κ2) is 6.67. The standard InChI is InChI=1S/C13H23NS2/c1-5-13(6-2,15-4)10-14-9-12-8-7-11(3)16-12/h7-8,14H,5-6,9-10H2,1-4H3. The summed E-state index contributed by atoms with van der Waals surface area (Å²) in [5.41, 5.74) is 0. The molecule has 0 fully saturated rings. The Morgan fingerprint density at radius 2 is 2.00 bits per heavy atom. The van der Waals surface area contributed by atoms with Gasteiger partial charge in [-0.3, -0.25) is 0 Å². The van der Waals surface area contributed by atoms with Crippen LogP contribution in [-0.4, -0.2) is 17.5 Å². The number of rotatable bonds is 7. The van der Waals surface area contributed by atoms with Gasteiger partial charge >= 0.3 is 0 Å². The normalized spacial score (nSPS) is 12.0. The summed E-state index contributed by atoms with van der Waals surface area (Å²) in [6.07, 6.45) is 4.70. The highest BCUT2D eigenvalue weighted by atomic mass is 32.2. The van der Waals surface area contributed by atoms with E-state index in [2.05, 4.69) is 44.5 Å². The minimum Gasteiger partial charge on any atom is -0.310 e. The fourth-order valence-corrected chi connectivity index (χ4v) is 3.54. The molecule has 1 rings (SSSR count). The first kappa shape index (κ1) is 14.1. The van der Waals surface area contributed by atoms with Gasteiger partial charge in [0.2, 0.25) is 0 Å². The highest BCUT2D eigenvalue weighted by Gasteiger charge is 2.23. The lowest BCUT2D eigenvalue weighted by Gasteiger charge is -2.29. The van der Waals surface area contributed by atoms with Crippen LogP contribution in [-0.2, 0) is 6.54 Å². The minimum absolute atomic E-state index is 0.423. The van der Waals surface area contributed by atoms with Gasteiger partial charge in [0.1, 0.15) is 0 Å². The molecule has 0 spiro atoms. The summed E-state index contributed by atoms with van der Waals surface area (Å²) in [5.74, 6) is 0. The lowest BCUT2D eigenvalue weighted by molar-refractivity contribution is 0.496. The maximum Gasteiger partial charge on any atom is 0.0300 e. The second-order valence-corrected chi connectivity index (χ2v) is 6.86. The molecule has 0 aromatic carbocycles. The van der Waals surface area contributed by atoms with Crippen LogP contribution in [0.15, 0.2) is 12.1 Å². The van der Waals surface area contributed by atoms with Gasteiger partial charge in [-0.2, -0.15) is 11.8 Å². The summed E-state index contributed by atoms with van der Waals surface area (Å²) < 4.78 is 0.423. The van der Waals surface area contributed by atoms with Gasteiger partial charge in [-0.05, 0) is 38.2 Å². The van der Waals surface area contributed by atoms with Crippen LogP contribution in [0.1, 0.15) is 36.4 Å². The molecular formula is C13H23NS2. The van der Waals surface area contributed by atoms with Crippen molar-refractivity contribution in [3.05, 3.63) is 21.9 Å². The Kier molecular flexibility index (Phi) is 5.87. The Morgan fingerprint density at radius 1 is 1.31 bits per heavy atom. The van der Waals surface area contributed by atoms with Crippen molar-refractivity contribution in [3.8, 4) is 0 Å². The topological polar surface area (TPSA) is 12.0 Å². The fraction of sp³-hybridized carbons (Fsp3) is 0.692. The molecule has 1 heterocycles. The average molecular weight is 257 g/mol. The molecule has 0 aliphatic rings. The number of thiophene rings is 1. The molecule has 0 saturated heterocycles. The molecule has 1 N–H and O–H groups in total. The van der Waals surface area contributed by atoms with Crippen molar-refractivity contribution in [3.63, 3.8) is 0 Å². The first-order chi connectivity index (χ1) is 7.65. The third-order valence-electron chi connectivity index (χ3n) is 3.26. The van der Waals surface area contributed by atoms with Gasteiger partial charge in [0.15, 0.2) is 0 Å². The van der Waals surface area contributed by atoms with Crippen molar-refractivity contribution in [2.45, 2.75) is 44.9 Å². The van der Waals surface area contributed by atoms with Gasteiger partial charge < -0.3 is 5.32 Å². The van der Waals surface area contributed by atoms with Crippen LogP contribution >= 0.6 is 23.1 Å². The van der Waals surface area contributed by atoms with E-state index in [0.29, 0.717) is 4.75 Å². The Labute approximate surface area is 108 Å². The molecule has 0 atom stereocenters. The van der Waals surface area contributed by atoms with Crippen molar-refractivity contribution in [1.82, 2.24) is 5.32 Å². The zero-order chi connectivity index (χ0) is 12.0. The van der Waals surface area contributed by atoms with Gasteiger partial charge in [-0.1, -0.05) is 13.8 Å². The summed E-state index contributed by atoms with van der Waals surface area (Å²) in [4.78, 5) is 2.85. The van der Waals surface area contributed by atoms with Crippen molar-refractivity contribution in [2.75, 3.05) is 12.8 Å². The lowest BCUT2D eigenvalue weighted by Crippen LogP contribution is -2.36. The molecule has 92 valence electrons. The van der Waals surface area contributed by atoms with E-state index < -0.39 is 0 Å². The summed E-state index contributed by atoms with van der Waals surface area (Å²) in [5, 5.41) is 3.60. The van der Waals surface area contributed by atoms with E-state index in [1.54, 1.807) is 0 Å². The van der Waals surface area contributed by atoms with Crippen LogP contribution < -0.4 is 5.32 Å². The van der Waals surface area contributed by atoms with Crippen molar-refractivity contribution in [2.24, 2.45) is 0 Å². The fourth-order valence-electron chi connectivity index (χ4n) is 1.85. The van der Waals surface area contributed by atoms with Crippen molar-refractivity contribution in [1.29, 1.82) is 0 Å². The summed E-state index contributed by atoms with van der Waals surface area (Å²) >= 11 is 3.89. The highest BCUT2D eigenvalue weighted by Crippen LogP contribution is 2.29. The van der Waals surface area contributed by atoms with Gasteiger partial charge in [-0.15, -0.1) is 11.3 Å². The van der Waals surface area contributed by atoms with Crippen LogP contribution in [0.5, 0.6) is 0 Å². The molecule has 0 aliphatic heterocycles. The van der Waals surface area contributed by atoms with E-state index in [9.17, 15) is 0 Å². The maximum absolute atomic E-state index is 3.60. The molecule has 0 amide bonds. The van der Waals surface area contributed by atoms with Crippen LogP contribution in [0.25, 0.3) is 0 Å². The van der Waals surface area contributed by atoms with Crippen LogP contribution in [0.2, 0.25) is 0 Å². The summed E-state index contributed by atoms with van der Waals surface area (Å²) in [6, 6.07) is 4.43. The summed E-state index contributed by atoms with van der Waals surface area (Å²) in [6.45, 7) is 8.87. The molecular weight excluding hydrogens is 234 g/mol. The third kappa shape index (κ3) is 3.79.